The molecule has 0 saturated heterocycles. The fourth-order valence-corrected chi connectivity index (χ4v) is 4.46. The second-order valence-electron chi connectivity index (χ2n) is 6.69. The molecule has 2 aromatic heterocycles. The molecule has 7 heteroatoms. The van der Waals surface area contributed by atoms with Gasteiger partial charge in [0.1, 0.15) is 6.04 Å². The number of benzene rings is 1. The van der Waals surface area contributed by atoms with Crippen LogP contribution in [0.15, 0.2) is 41.9 Å². The van der Waals surface area contributed by atoms with Crippen molar-refractivity contribution in [1.82, 2.24) is 14.5 Å². The Kier molecular flexibility index (Phi) is 4.31. The molecule has 6 nitrogen and oxygen atoms in total. The predicted molar refractivity (Wildman–Crippen MR) is 102 cm³/mol. The van der Waals surface area contributed by atoms with E-state index >= 15 is 0 Å². The quantitative estimate of drug-likeness (QED) is 0.756. The Hall–Kier alpha value is -2.93. The van der Waals surface area contributed by atoms with Crippen molar-refractivity contribution in [2.24, 2.45) is 0 Å². The molecule has 1 atom stereocenters. The van der Waals surface area contributed by atoms with Crippen LogP contribution in [-0.2, 0) is 17.8 Å². The van der Waals surface area contributed by atoms with Crippen LogP contribution in [0.1, 0.15) is 32.9 Å². The van der Waals surface area contributed by atoms with Crippen molar-refractivity contribution in [1.29, 1.82) is 0 Å². The Labute approximate surface area is 160 Å². The average molecular weight is 381 g/mol. The summed E-state index contributed by atoms with van der Waals surface area (Å²) in [6.07, 6.45) is 2.05. The lowest BCUT2D eigenvalue weighted by molar-refractivity contribution is -0.142. The van der Waals surface area contributed by atoms with Gasteiger partial charge in [-0.05, 0) is 31.0 Å². The number of aryl methyl sites for hydroxylation is 1. The van der Waals surface area contributed by atoms with Gasteiger partial charge in [0.05, 0.1) is 5.56 Å². The summed E-state index contributed by atoms with van der Waals surface area (Å²) in [4.78, 5) is 31.0. The molecule has 1 amide bonds. The summed E-state index contributed by atoms with van der Waals surface area (Å²) in [6, 6.07) is 8.65. The summed E-state index contributed by atoms with van der Waals surface area (Å²) in [6.45, 7) is 4.09. The van der Waals surface area contributed by atoms with Crippen LogP contribution in [0.5, 0.6) is 0 Å². The van der Waals surface area contributed by atoms with Gasteiger partial charge in [0.25, 0.3) is 5.91 Å². The molecule has 1 aliphatic heterocycles. The zero-order valence-corrected chi connectivity index (χ0v) is 15.9. The van der Waals surface area contributed by atoms with Gasteiger partial charge in [-0.15, -0.1) is 11.3 Å². The molecule has 0 radical (unpaired) electrons. The van der Waals surface area contributed by atoms with Gasteiger partial charge >= 0.3 is 5.97 Å². The zero-order valence-electron chi connectivity index (χ0n) is 15.0. The van der Waals surface area contributed by atoms with E-state index in [1.807, 2.05) is 54.1 Å². The molecule has 3 aromatic rings. The van der Waals surface area contributed by atoms with Crippen LogP contribution in [0.25, 0.3) is 5.13 Å². The van der Waals surface area contributed by atoms with Gasteiger partial charge in [-0.3, -0.25) is 9.36 Å². The Morgan fingerprint density at radius 1 is 1.22 bits per heavy atom. The molecule has 0 fully saturated rings. The van der Waals surface area contributed by atoms with Gasteiger partial charge in [0.2, 0.25) is 0 Å². The number of fused-ring (bicyclic) bond motifs is 1. The van der Waals surface area contributed by atoms with Crippen molar-refractivity contribution in [3.63, 3.8) is 0 Å². The summed E-state index contributed by atoms with van der Waals surface area (Å²) in [5, 5.41) is 12.4. The third-order valence-corrected chi connectivity index (χ3v) is 5.82. The van der Waals surface area contributed by atoms with E-state index in [0.29, 0.717) is 18.5 Å². The Morgan fingerprint density at radius 2 is 1.96 bits per heavy atom. The lowest BCUT2D eigenvalue weighted by atomic mass is 9.93. The van der Waals surface area contributed by atoms with Gasteiger partial charge in [0, 0.05) is 35.9 Å². The first-order chi connectivity index (χ1) is 13.0. The van der Waals surface area contributed by atoms with Crippen LogP contribution in [0, 0.1) is 13.8 Å². The number of nitrogens with zero attached hydrogens (tertiary/aromatic N) is 3. The normalized spacial score (nSPS) is 16.2. The van der Waals surface area contributed by atoms with E-state index in [-0.39, 0.29) is 5.91 Å². The monoisotopic (exact) mass is 381 g/mol. The molecule has 0 aliphatic carbocycles. The molecule has 0 spiro atoms. The van der Waals surface area contributed by atoms with E-state index in [1.165, 1.54) is 16.2 Å². The number of rotatable bonds is 3. The second kappa shape index (κ2) is 6.66. The SMILES string of the molecule is Cc1cc(C(=O)N2Cc3ccccc3CC2C(=O)O)c(C)n1-c1nccs1. The number of hydrogen-bond donors (Lipinski definition) is 1. The van der Waals surface area contributed by atoms with Gasteiger partial charge in [-0.2, -0.15) is 0 Å². The minimum Gasteiger partial charge on any atom is -0.480 e. The maximum Gasteiger partial charge on any atom is 0.326 e. The zero-order chi connectivity index (χ0) is 19.1. The third-order valence-electron chi connectivity index (χ3n) is 5.07. The maximum absolute atomic E-state index is 13.3. The first-order valence-electron chi connectivity index (χ1n) is 8.66. The van der Waals surface area contributed by atoms with E-state index < -0.39 is 12.0 Å². The molecule has 3 heterocycles. The van der Waals surface area contributed by atoms with Gasteiger partial charge < -0.3 is 10.0 Å². The van der Waals surface area contributed by atoms with E-state index in [4.69, 9.17) is 0 Å². The van der Waals surface area contributed by atoms with E-state index in [0.717, 1.165) is 27.6 Å². The second-order valence-corrected chi connectivity index (χ2v) is 7.57. The highest BCUT2D eigenvalue weighted by Crippen LogP contribution is 2.28. The summed E-state index contributed by atoms with van der Waals surface area (Å²) in [7, 11) is 0. The fourth-order valence-electron chi connectivity index (χ4n) is 3.71. The molecule has 0 saturated carbocycles. The van der Waals surface area contributed by atoms with Gasteiger partial charge in [-0.25, -0.2) is 9.78 Å². The number of carboxylic acid groups (broad SMARTS) is 1. The molecule has 27 heavy (non-hydrogen) atoms. The van der Waals surface area contributed by atoms with E-state index in [2.05, 4.69) is 4.98 Å². The molecule has 1 aliphatic rings. The highest BCUT2D eigenvalue weighted by atomic mass is 32.1. The molecule has 1 unspecified atom stereocenters. The lowest BCUT2D eigenvalue weighted by Crippen LogP contribution is -2.48. The Balaban J connectivity index is 1.74. The smallest absolute Gasteiger partial charge is 0.326 e. The minimum atomic E-state index is -0.980. The number of carboxylic acids is 1. The van der Waals surface area contributed by atoms with Crippen LogP contribution in [-0.4, -0.2) is 37.5 Å². The van der Waals surface area contributed by atoms with Gasteiger partial charge in [0.15, 0.2) is 5.13 Å². The van der Waals surface area contributed by atoms with E-state index in [1.54, 1.807) is 6.20 Å². The largest absolute Gasteiger partial charge is 0.480 e. The van der Waals surface area contributed by atoms with Crippen LogP contribution in [0.2, 0.25) is 0 Å². The standard InChI is InChI=1S/C20H19N3O3S/c1-12-9-16(13(2)23(12)20-21-7-8-27-20)18(24)22-11-15-6-4-3-5-14(15)10-17(22)19(25)26/h3-9,17H,10-11H2,1-2H3,(H,25,26). The van der Waals surface area contributed by atoms with Crippen LogP contribution in [0.3, 0.4) is 0 Å². The van der Waals surface area contributed by atoms with Crippen LogP contribution in [0.4, 0.5) is 0 Å². The molecular weight excluding hydrogens is 362 g/mol. The molecule has 1 aromatic carbocycles. The van der Waals surface area contributed by atoms with Crippen molar-refractivity contribution in [3.05, 3.63) is 70.0 Å². The Morgan fingerprint density at radius 3 is 2.63 bits per heavy atom. The van der Waals surface area contributed by atoms with Crippen molar-refractivity contribution < 1.29 is 14.7 Å². The van der Waals surface area contributed by atoms with Gasteiger partial charge in [-0.1, -0.05) is 24.3 Å². The Bertz CT molecular complexity index is 1020. The third kappa shape index (κ3) is 2.94. The highest BCUT2D eigenvalue weighted by Gasteiger charge is 2.36. The van der Waals surface area contributed by atoms with Crippen LogP contribution < -0.4 is 0 Å². The van der Waals surface area contributed by atoms with E-state index in [9.17, 15) is 14.7 Å². The number of thiazole rings is 1. The molecule has 138 valence electrons. The summed E-state index contributed by atoms with van der Waals surface area (Å²) < 4.78 is 1.94. The maximum atomic E-state index is 13.3. The number of carbonyl (C=O) groups excluding carboxylic acids is 1. The number of amides is 1. The molecule has 4 rings (SSSR count). The number of aromatic nitrogens is 2. The topological polar surface area (TPSA) is 75.4 Å². The highest BCUT2D eigenvalue weighted by molar-refractivity contribution is 7.12. The van der Waals surface area contributed by atoms with Crippen molar-refractivity contribution in [2.75, 3.05) is 0 Å². The molecule has 1 N–H and O–H groups in total. The number of carbonyl (C=O) groups is 2. The van der Waals surface area contributed by atoms with Crippen molar-refractivity contribution in [3.8, 4) is 5.13 Å². The fraction of sp³-hybridized carbons (Fsp3) is 0.250. The summed E-state index contributed by atoms with van der Waals surface area (Å²) in [5.74, 6) is -1.24. The predicted octanol–water partition coefficient (Wildman–Crippen LogP) is 3.20. The number of hydrogen-bond acceptors (Lipinski definition) is 4. The first-order valence-corrected chi connectivity index (χ1v) is 9.54. The summed E-state index contributed by atoms with van der Waals surface area (Å²) in [5.41, 5.74) is 4.18. The van der Waals surface area contributed by atoms with Crippen molar-refractivity contribution >= 4 is 23.2 Å². The van der Waals surface area contributed by atoms with Crippen LogP contribution >= 0.6 is 11.3 Å². The summed E-state index contributed by atoms with van der Waals surface area (Å²) >= 11 is 1.49. The average Bonchev–Trinajstić information content (AvgIpc) is 3.27. The number of aliphatic carboxylic acids is 1. The molecular formula is C20H19N3O3S. The first kappa shape index (κ1) is 17.5. The lowest BCUT2D eigenvalue weighted by Gasteiger charge is -2.34. The van der Waals surface area contributed by atoms with Crippen molar-refractivity contribution in [2.45, 2.75) is 32.9 Å². The minimum absolute atomic E-state index is 0.257. The molecule has 0 bridgehead atoms.